The molecular weight excluding hydrogens is 262 g/mol. The van der Waals surface area contributed by atoms with Crippen molar-refractivity contribution in [1.29, 1.82) is 0 Å². The Kier molecular flexibility index (Phi) is 2.89. The van der Waals surface area contributed by atoms with E-state index >= 15 is 0 Å². The van der Waals surface area contributed by atoms with Crippen LogP contribution in [0.25, 0.3) is 0 Å². The standard InChI is InChI=1S/C18H27NS/c1-12-4-5-15(20-12)16(19-3)18-9-13-6-14(10-18)8-17(2,7-13)11-18/h4-5,13-14,16,19H,6-11H2,1-3H3. The van der Waals surface area contributed by atoms with Crippen molar-refractivity contribution >= 4 is 11.3 Å². The van der Waals surface area contributed by atoms with E-state index in [-0.39, 0.29) is 0 Å². The number of nitrogens with one attached hydrogen (secondary N) is 1. The molecule has 0 amide bonds. The average molecular weight is 289 g/mol. The monoisotopic (exact) mass is 289 g/mol. The van der Waals surface area contributed by atoms with Crippen LogP contribution in [0.15, 0.2) is 12.1 Å². The number of thiophene rings is 1. The lowest BCUT2D eigenvalue weighted by molar-refractivity contribution is -0.117. The zero-order valence-corrected chi connectivity index (χ0v) is 13.9. The molecule has 4 aliphatic carbocycles. The van der Waals surface area contributed by atoms with Crippen LogP contribution in [0.1, 0.15) is 61.2 Å². The van der Waals surface area contributed by atoms with Crippen LogP contribution in [0.4, 0.5) is 0 Å². The third kappa shape index (κ3) is 1.91. The van der Waals surface area contributed by atoms with Gasteiger partial charge in [-0.15, -0.1) is 11.3 Å². The van der Waals surface area contributed by atoms with Crippen LogP contribution in [0.5, 0.6) is 0 Å². The second-order valence-electron chi connectivity index (χ2n) is 8.30. The quantitative estimate of drug-likeness (QED) is 0.832. The zero-order valence-electron chi connectivity index (χ0n) is 13.0. The van der Waals surface area contributed by atoms with E-state index in [9.17, 15) is 0 Å². The first-order chi connectivity index (χ1) is 9.52. The van der Waals surface area contributed by atoms with Crippen LogP contribution >= 0.6 is 11.3 Å². The van der Waals surface area contributed by atoms with E-state index in [1.54, 1.807) is 4.88 Å². The number of hydrogen-bond donors (Lipinski definition) is 1. The summed E-state index contributed by atoms with van der Waals surface area (Å²) < 4.78 is 0. The van der Waals surface area contributed by atoms with Gasteiger partial charge < -0.3 is 5.32 Å². The highest BCUT2D eigenvalue weighted by Gasteiger charge is 2.58. The zero-order chi connectivity index (χ0) is 14.0. The third-order valence-corrected chi connectivity index (χ3v) is 7.41. The van der Waals surface area contributed by atoms with Gasteiger partial charge in [-0.2, -0.15) is 0 Å². The first kappa shape index (κ1) is 13.3. The van der Waals surface area contributed by atoms with Crippen molar-refractivity contribution in [2.45, 2.75) is 58.4 Å². The summed E-state index contributed by atoms with van der Waals surface area (Å²) >= 11 is 2.01. The molecule has 3 unspecified atom stereocenters. The minimum atomic E-state index is 0.547. The first-order valence-electron chi connectivity index (χ1n) is 8.26. The van der Waals surface area contributed by atoms with Crippen LogP contribution in [-0.2, 0) is 0 Å². The maximum Gasteiger partial charge on any atom is 0.0470 e. The maximum absolute atomic E-state index is 3.72. The highest BCUT2D eigenvalue weighted by atomic mass is 32.1. The Balaban J connectivity index is 1.72. The molecule has 5 rings (SSSR count). The molecular formula is C18H27NS. The topological polar surface area (TPSA) is 12.0 Å². The fraction of sp³-hybridized carbons (Fsp3) is 0.778. The van der Waals surface area contributed by atoms with Gasteiger partial charge in [0.05, 0.1) is 0 Å². The highest BCUT2D eigenvalue weighted by Crippen LogP contribution is 2.68. The second-order valence-corrected chi connectivity index (χ2v) is 9.62. The van der Waals surface area contributed by atoms with Gasteiger partial charge in [0, 0.05) is 15.8 Å². The SMILES string of the molecule is CNC(c1ccc(C)s1)C12CC3CC(CC(C)(C3)C1)C2. The molecule has 1 N–H and O–H groups in total. The molecule has 4 aliphatic rings. The largest absolute Gasteiger partial charge is 0.312 e. The molecule has 0 aliphatic heterocycles. The summed E-state index contributed by atoms with van der Waals surface area (Å²) in [6, 6.07) is 5.26. The van der Waals surface area contributed by atoms with E-state index in [1.165, 1.54) is 43.4 Å². The molecule has 0 aromatic carbocycles. The van der Waals surface area contributed by atoms with E-state index in [1.807, 2.05) is 11.3 Å². The van der Waals surface area contributed by atoms with Crippen molar-refractivity contribution in [2.24, 2.45) is 22.7 Å². The van der Waals surface area contributed by atoms with Crippen LogP contribution < -0.4 is 5.32 Å². The molecule has 4 saturated carbocycles. The summed E-state index contributed by atoms with van der Waals surface area (Å²) in [6.45, 7) is 4.81. The smallest absolute Gasteiger partial charge is 0.0470 e. The van der Waals surface area contributed by atoms with Gasteiger partial charge in [-0.25, -0.2) is 0 Å². The molecule has 0 saturated heterocycles. The summed E-state index contributed by atoms with van der Waals surface area (Å²) in [6.07, 6.45) is 8.94. The number of aryl methyl sites for hydroxylation is 1. The third-order valence-electron chi connectivity index (χ3n) is 6.35. The van der Waals surface area contributed by atoms with E-state index in [4.69, 9.17) is 0 Å². The highest BCUT2D eigenvalue weighted by molar-refractivity contribution is 7.12. The Morgan fingerprint density at radius 2 is 1.90 bits per heavy atom. The molecule has 4 bridgehead atoms. The molecule has 3 atom stereocenters. The van der Waals surface area contributed by atoms with Crippen molar-refractivity contribution in [3.8, 4) is 0 Å². The lowest BCUT2D eigenvalue weighted by atomic mass is 9.43. The van der Waals surface area contributed by atoms with Crippen LogP contribution in [0.3, 0.4) is 0 Å². The minimum Gasteiger partial charge on any atom is -0.312 e. The Morgan fingerprint density at radius 3 is 2.40 bits per heavy atom. The first-order valence-corrected chi connectivity index (χ1v) is 9.07. The summed E-state index contributed by atoms with van der Waals surface area (Å²) in [5.41, 5.74) is 1.19. The lowest BCUT2D eigenvalue weighted by Gasteiger charge is -2.63. The number of rotatable bonds is 3. The predicted molar refractivity (Wildman–Crippen MR) is 86.1 cm³/mol. The van der Waals surface area contributed by atoms with Gasteiger partial charge in [-0.1, -0.05) is 6.92 Å². The normalized spacial score (nSPS) is 44.0. The van der Waals surface area contributed by atoms with Gasteiger partial charge in [-0.05, 0) is 87.3 Å². The second kappa shape index (κ2) is 4.33. The fourth-order valence-electron chi connectivity index (χ4n) is 6.49. The van der Waals surface area contributed by atoms with Gasteiger partial charge in [0.1, 0.15) is 0 Å². The van der Waals surface area contributed by atoms with Crippen LogP contribution in [0.2, 0.25) is 0 Å². The Labute approximate surface area is 127 Å². The fourth-order valence-corrected chi connectivity index (χ4v) is 7.62. The van der Waals surface area contributed by atoms with Crippen molar-refractivity contribution in [3.05, 3.63) is 21.9 Å². The molecule has 1 aromatic heterocycles. The van der Waals surface area contributed by atoms with Crippen molar-refractivity contribution in [1.82, 2.24) is 5.32 Å². The van der Waals surface area contributed by atoms with Crippen molar-refractivity contribution in [3.63, 3.8) is 0 Å². The van der Waals surface area contributed by atoms with Gasteiger partial charge >= 0.3 is 0 Å². The predicted octanol–water partition coefficient (Wildman–Crippen LogP) is 4.92. The number of hydrogen-bond acceptors (Lipinski definition) is 2. The van der Waals surface area contributed by atoms with Gasteiger partial charge in [0.25, 0.3) is 0 Å². The maximum atomic E-state index is 3.72. The molecule has 20 heavy (non-hydrogen) atoms. The van der Waals surface area contributed by atoms with E-state index < -0.39 is 0 Å². The Hall–Kier alpha value is -0.340. The molecule has 1 nitrogen and oxygen atoms in total. The molecule has 110 valence electrons. The summed E-state index contributed by atoms with van der Waals surface area (Å²) in [5, 5.41) is 3.72. The van der Waals surface area contributed by atoms with E-state index in [0.717, 1.165) is 11.8 Å². The summed E-state index contributed by atoms with van der Waals surface area (Å²) in [5.74, 6) is 2.02. The summed E-state index contributed by atoms with van der Waals surface area (Å²) in [4.78, 5) is 3.03. The molecule has 1 heterocycles. The molecule has 0 radical (unpaired) electrons. The van der Waals surface area contributed by atoms with Gasteiger partial charge in [0.15, 0.2) is 0 Å². The minimum absolute atomic E-state index is 0.547. The Bertz CT molecular complexity index is 503. The molecule has 2 heteroatoms. The van der Waals surface area contributed by atoms with Crippen LogP contribution in [0, 0.1) is 29.6 Å². The van der Waals surface area contributed by atoms with Gasteiger partial charge in [-0.3, -0.25) is 0 Å². The van der Waals surface area contributed by atoms with Crippen molar-refractivity contribution in [2.75, 3.05) is 7.05 Å². The van der Waals surface area contributed by atoms with Gasteiger partial charge in [0.2, 0.25) is 0 Å². The van der Waals surface area contributed by atoms with E-state index in [2.05, 4.69) is 38.3 Å². The molecule has 0 spiro atoms. The summed E-state index contributed by atoms with van der Waals surface area (Å²) in [7, 11) is 2.18. The molecule has 4 fully saturated rings. The Morgan fingerprint density at radius 1 is 1.20 bits per heavy atom. The van der Waals surface area contributed by atoms with E-state index in [0.29, 0.717) is 16.9 Å². The average Bonchev–Trinajstić information content (AvgIpc) is 2.72. The van der Waals surface area contributed by atoms with Crippen molar-refractivity contribution < 1.29 is 0 Å². The molecule has 1 aromatic rings. The lowest BCUT2D eigenvalue weighted by Crippen LogP contribution is -2.54. The van der Waals surface area contributed by atoms with Crippen LogP contribution in [-0.4, -0.2) is 7.05 Å².